The van der Waals surface area contributed by atoms with E-state index in [0.29, 0.717) is 0 Å². The van der Waals surface area contributed by atoms with E-state index < -0.39 is 10.0 Å². The molecule has 2 aromatic rings. The molecule has 0 fully saturated rings. The first kappa shape index (κ1) is 15.9. The molecule has 0 saturated heterocycles. The Bertz CT molecular complexity index is 761. The van der Waals surface area contributed by atoms with Gasteiger partial charge in [-0.25, -0.2) is 13.4 Å². The summed E-state index contributed by atoms with van der Waals surface area (Å²) < 4.78 is 28.0. The van der Waals surface area contributed by atoms with E-state index in [-0.39, 0.29) is 16.8 Å². The average Bonchev–Trinajstić information content (AvgIpc) is 2.43. The van der Waals surface area contributed by atoms with Crippen LogP contribution in [0.1, 0.15) is 24.1 Å². The van der Waals surface area contributed by atoms with Crippen LogP contribution in [0.25, 0.3) is 0 Å². The highest BCUT2D eigenvalue weighted by molar-refractivity contribution is 9.10. The number of rotatable bonds is 4. The van der Waals surface area contributed by atoms with Crippen molar-refractivity contribution in [1.29, 1.82) is 0 Å². The zero-order chi connectivity index (χ0) is 15.6. The lowest BCUT2D eigenvalue weighted by atomic mass is 10.1. The summed E-state index contributed by atoms with van der Waals surface area (Å²) in [6, 6.07) is 8.00. The Morgan fingerprint density at radius 3 is 2.67 bits per heavy atom. The second kappa shape index (κ2) is 6.13. The molecule has 0 saturated carbocycles. The molecule has 1 heterocycles. The molecule has 0 spiro atoms. The molecule has 21 heavy (non-hydrogen) atoms. The normalized spacial score (nSPS) is 13.0. The maximum atomic E-state index is 12.4. The highest BCUT2D eigenvalue weighted by Gasteiger charge is 2.16. The predicted molar refractivity (Wildman–Crippen MR) is 86.5 cm³/mol. The van der Waals surface area contributed by atoms with Gasteiger partial charge in [-0.1, -0.05) is 12.1 Å². The van der Waals surface area contributed by atoms with Gasteiger partial charge in [0.2, 0.25) is 0 Å². The van der Waals surface area contributed by atoms with Crippen LogP contribution in [0.3, 0.4) is 0 Å². The molecule has 1 aromatic carbocycles. The van der Waals surface area contributed by atoms with Crippen LogP contribution in [0, 0.1) is 6.92 Å². The Morgan fingerprint density at radius 2 is 2.05 bits per heavy atom. The van der Waals surface area contributed by atoms with E-state index in [1.165, 1.54) is 6.07 Å². The standard InChI is InChI=1S/C14H16BrN3O2S/c1-9-6-14(17-8-13(9)15)18-21(19,20)12-5-3-4-11(7-12)10(2)16/h3-8,10H,16H2,1-2H3,(H,17,18). The van der Waals surface area contributed by atoms with Crippen LogP contribution in [-0.2, 0) is 10.0 Å². The number of anilines is 1. The third-order valence-electron chi connectivity index (χ3n) is 2.98. The summed E-state index contributed by atoms with van der Waals surface area (Å²) in [6.07, 6.45) is 1.56. The number of nitrogens with zero attached hydrogens (tertiary/aromatic N) is 1. The predicted octanol–water partition coefficient (Wildman–Crippen LogP) is 2.97. The van der Waals surface area contributed by atoms with Crippen molar-refractivity contribution in [3.05, 3.63) is 52.1 Å². The van der Waals surface area contributed by atoms with Crippen molar-refractivity contribution in [2.24, 2.45) is 5.73 Å². The number of hydrogen-bond acceptors (Lipinski definition) is 4. The maximum absolute atomic E-state index is 12.4. The topological polar surface area (TPSA) is 85.1 Å². The quantitative estimate of drug-likeness (QED) is 0.867. The van der Waals surface area contributed by atoms with Gasteiger partial charge in [0.1, 0.15) is 5.82 Å². The van der Waals surface area contributed by atoms with E-state index >= 15 is 0 Å². The van der Waals surface area contributed by atoms with Gasteiger partial charge in [-0.05, 0) is 59.1 Å². The SMILES string of the molecule is Cc1cc(NS(=O)(=O)c2cccc(C(C)N)c2)ncc1Br. The number of nitrogens with two attached hydrogens (primary N) is 1. The molecular weight excluding hydrogens is 354 g/mol. The first-order valence-electron chi connectivity index (χ1n) is 6.30. The lowest BCUT2D eigenvalue weighted by Gasteiger charge is -2.11. The van der Waals surface area contributed by atoms with Gasteiger partial charge in [0.15, 0.2) is 0 Å². The minimum absolute atomic E-state index is 0.166. The summed E-state index contributed by atoms with van der Waals surface area (Å²) in [5.74, 6) is 0.280. The van der Waals surface area contributed by atoms with Crippen molar-refractivity contribution in [3.8, 4) is 0 Å². The van der Waals surface area contributed by atoms with Gasteiger partial charge in [0, 0.05) is 16.7 Å². The molecule has 1 unspecified atom stereocenters. The molecule has 0 radical (unpaired) electrons. The number of aromatic nitrogens is 1. The summed E-state index contributed by atoms with van der Waals surface area (Å²) in [4.78, 5) is 4.21. The first-order valence-corrected chi connectivity index (χ1v) is 8.58. The van der Waals surface area contributed by atoms with Gasteiger partial charge in [-0.15, -0.1) is 0 Å². The second-order valence-electron chi connectivity index (χ2n) is 4.79. The Hall–Kier alpha value is -1.44. The number of hydrogen-bond donors (Lipinski definition) is 2. The van der Waals surface area contributed by atoms with E-state index in [9.17, 15) is 8.42 Å². The molecule has 5 nitrogen and oxygen atoms in total. The summed E-state index contributed by atoms with van der Waals surface area (Å²) in [5, 5.41) is 0. The minimum Gasteiger partial charge on any atom is -0.324 e. The minimum atomic E-state index is -3.68. The molecule has 2 rings (SSSR count). The Balaban J connectivity index is 2.33. The highest BCUT2D eigenvalue weighted by Crippen LogP contribution is 2.21. The summed E-state index contributed by atoms with van der Waals surface area (Å²) in [7, 11) is -3.68. The summed E-state index contributed by atoms with van der Waals surface area (Å²) >= 11 is 3.33. The molecule has 3 N–H and O–H groups in total. The molecule has 0 aliphatic rings. The van der Waals surface area contributed by atoms with Crippen LogP contribution in [-0.4, -0.2) is 13.4 Å². The zero-order valence-corrected chi connectivity index (χ0v) is 14.1. The van der Waals surface area contributed by atoms with Gasteiger partial charge in [-0.2, -0.15) is 0 Å². The van der Waals surface area contributed by atoms with E-state index in [1.807, 2.05) is 6.92 Å². The van der Waals surface area contributed by atoms with Gasteiger partial charge < -0.3 is 5.73 Å². The highest BCUT2D eigenvalue weighted by atomic mass is 79.9. The fraction of sp³-hybridized carbons (Fsp3) is 0.214. The average molecular weight is 370 g/mol. The van der Waals surface area contributed by atoms with Crippen molar-refractivity contribution in [1.82, 2.24) is 4.98 Å². The number of nitrogens with one attached hydrogen (secondary N) is 1. The third kappa shape index (κ3) is 3.81. The molecule has 0 bridgehead atoms. The van der Waals surface area contributed by atoms with Crippen LogP contribution in [0.15, 0.2) is 45.9 Å². The number of benzene rings is 1. The summed E-state index contributed by atoms with van der Waals surface area (Å²) in [5.41, 5.74) is 7.44. The first-order chi connectivity index (χ1) is 9.79. The monoisotopic (exact) mass is 369 g/mol. The van der Waals surface area contributed by atoms with Gasteiger partial charge in [-0.3, -0.25) is 4.72 Å². The number of pyridine rings is 1. The van der Waals surface area contributed by atoms with Gasteiger partial charge in [0.05, 0.1) is 4.90 Å². The Labute approximate surface area is 132 Å². The lowest BCUT2D eigenvalue weighted by Crippen LogP contribution is -2.15. The van der Waals surface area contributed by atoms with Crippen molar-refractivity contribution >= 4 is 31.8 Å². The van der Waals surface area contributed by atoms with Gasteiger partial charge in [0.25, 0.3) is 10.0 Å². The molecule has 0 aliphatic carbocycles. The molecule has 7 heteroatoms. The van der Waals surface area contributed by atoms with Crippen molar-refractivity contribution in [2.45, 2.75) is 24.8 Å². The molecule has 0 aliphatic heterocycles. The van der Waals surface area contributed by atoms with Crippen LogP contribution in [0.2, 0.25) is 0 Å². The van der Waals surface area contributed by atoms with E-state index in [0.717, 1.165) is 15.6 Å². The van der Waals surface area contributed by atoms with Crippen molar-refractivity contribution < 1.29 is 8.42 Å². The second-order valence-corrected chi connectivity index (χ2v) is 7.32. The van der Waals surface area contributed by atoms with Crippen LogP contribution >= 0.6 is 15.9 Å². The molecule has 0 amide bonds. The third-order valence-corrected chi connectivity index (χ3v) is 5.16. The maximum Gasteiger partial charge on any atom is 0.263 e. The molecular formula is C14H16BrN3O2S. The van der Waals surface area contributed by atoms with E-state index in [4.69, 9.17) is 5.73 Å². The molecule has 1 atom stereocenters. The smallest absolute Gasteiger partial charge is 0.263 e. The molecule has 112 valence electrons. The van der Waals surface area contributed by atoms with Gasteiger partial charge >= 0.3 is 0 Å². The van der Waals surface area contributed by atoms with Crippen LogP contribution < -0.4 is 10.5 Å². The zero-order valence-electron chi connectivity index (χ0n) is 11.7. The van der Waals surface area contributed by atoms with Crippen LogP contribution in [0.4, 0.5) is 5.82 Å². The number of sulfonamides is 1. The fourth-order valence-corrected chi connectivity index (χ4v) is 3.03. The van der Waals surface area contributed by atoms with Crippen LogP contribution in [0.5, 0.6) is 0 Å². The summed E-state index contributed by atoms with van der Waals surface area (Å²) in [6.45, 7) is 3.67. The fourth-order valence-electron chi connectivity index (χ4n) is 1.76. The van der Waals surface area contributed by atoms with Crippen molar-refractivity contribution in [2.75, 3.05) is 4.72 Å². The Morgan fingerprint density at radius 1 is 1.33 bits per heavy atom. The number of aryl methyl sites for hydroxylation is 1. The van der Waals surface area contributed by atoms with Crippen molar-refractivity contribution in [3.63, 3.8) is 0 Å². The number of halogens is 1. The largest absolute Gasteiger partial charge is 0.324 e. The molecule has 1 aromatic heterocycles. The van der Waals surface area contributed by atoms with E-state index in [2.05, 4.69) is 25.6 Å². The Kier molecular flexibility index (Phi) is 4.65. The van der Waals surface area contributed by atoms with E-state index in [1.54, 1.807) is 37.4 Å². The lowest BCUT2D eigenvalue weighted by molar-refractivity contribution is 0.600.